The molecule has 3 fully saturated rings. The summed E-state index contributed by atoms with van der Waals surface area (Å²) in [6, 6.07) is 4.73. The molecular formula is C53H69N15O18P2. The maximum atomic E-state index is 14.2. The Labute approximate surface area is 501 Å². The standard InChI is InChI=1S/C53H69N15O18P2/c1-27(2)37(62-35(70)11-7-6-8-19-66-28(3)12-17-36(66)71)32(69)20-30(10-9-18-56-52(55)76)47(74)61-31-15-13-29(14-16-31)21-80-53(77)63-44-38-45(58-24-57-44)67(25-59-38)50-43-40(72)33(83-50)22-81-87(4,78)85-42-34(23-82-88(5,79)86-43)84-49(41(42)73)68-26-60-39-46(68)64-51(54)65-48(39)75/h12-17,24-27,30,33-34,37,40-43,49-50,72-73H,3,6-11,18-23H2,1-2,4-5H3,(H,61,74)(H,62,70)(H3,55,56,76)(H3,54,64,65,75)(H,57,58,63,77)/t30-,33-,34-,37?,40?,41+,42?,43+,49-,50-,87?,88?/m1/s1. The average Bonchev–Trinajstić information content (AvgIpc) is 1.96. The molecule has 12 atom stereocenters. The van der Waals surface area contributed by atoms with Crippen LogP contribution in [0, 0.1) is 11.8 Å². The number of nitrogen functional groups attached to an aromatic ring is 1. The van der Waals surface area contributed by atoms with Crippen molar-refractivity contribution in [2.24, 2.45) is 17.6 Å². The van der Waals surface area contributed by atoms with Crippen LogP contribution in [0.5, 0.6) is 0 Å². The normalized spacial score (nSPS) is 26.2. The zero-order valence-corrected chi connectivity index (χ0v) is 50.1. The van der Waals surface area contributed by atoms with Crippen molar-refractivity contribution in [3.8, 4) is 0 Å². The Hall–Kier alpha value is -7.84. The van der Waals surface area contributed by atoms with Crippen LogP contribution >= 0.6 is 15.2 Å². The van der Waals surface area contributed by atoms with E-state index < -0.39 is 113 Å². The number of allylic oxidation sites excluding steroid dienone is 1. The SMILES string of the molecule is C=C1C=CC(=O)N1CCCCCC(=O)NC(C(=O)C[C@@H](CCCNC(N)=O)C(=O)Nc1ccc(COC(=O)Nc2ncnc3c2ncn3[C@@H]2O[C@@H]3COP(C)(=O)OC4[C@@H](COP(C)(=O)O[C@H]2C3O)O[C@@H](n2cnc3c(=O)[nH]c(N)nc32)[C@H]4O)cc1)C(C)C. The zero-order valence-electron chi connectivity index (χ0n) is 48.3. The number of carbonyl (C=O) groups excluding carboxylic acids is 6. The number of unbranched alkanes of at least 4 members (excludes halogenated alkanes) is 2. The molecule has 35 heteroatoms. The minimum atomic E-state index is -4.24. The summed E-state index contributed by atoms with van der Waals surface area (Å²) in [5, 5.41) is 33.8. The number of aliphatic hydroxyl groups excluding tert-OH is 2. The van der Waals surface area contributed by atoms with Gasteiger partial charge in [-0.05, 0) is 55.4 Å². The topological polar surface area (TPSA) is 452 Å². The van der Waals surface area contributed by atoms with Crippen molar-refractivity contribution >= 4 is 90.6 Å². The minimum Gasteiger partial charge on any atom is -0.444 e. The molecule has 8 heterocycles. The number of imidazole rings is 2. The number of hydrogen-bond acceptors (Lipinski definition) is 24. The number of hydrogen-bond donors (Lipinski definition) is 9. The second-order valence-corrected chi connectivity index (χ2v) is 25.8. The molecule has 88 heavy (non-hydrogen) atoms. The number of urea groups is 1. The van der Waals surface area contributed by atoms with Gasteiger partial charge in [-0.15, -0.1) is 0 Å². The number of Topliss-reactive ketones (excluding diaryl/α,β-unsaturated/α-hetero) is 1. The van der Waals surface area contributed by atoms with Crippen molar-refractivity contribution in [3.63, 3.8) is 0 Å². The van der Waals surface area contributed by atoms with E-state index in [9.17, 15) is 52.9 Å². The van der Waals surface area contributed by atoms with Crippen LogP contribution in [0.3, 0.4) is 0 Å². The van der Waals surface area contributed by atoms with E-state index in [1.54, 1.807) is 49.1 Å². The van der Waals surface area contributed by atoms with Gasteiger partial charge < -0.3 is 65.8 Å². The smallest absolute Gasteiger partial charge is 0.413 e. The highest BCUT2D eigenvalue weighted by molar-refractivity contribution is 7.53. The van der Waals surface area contributed by atoms with Gasteiger partial charge in [0.05, 0.1) is 31.9 Å². The van der Waals surface area contributed by atoms with E-state index >= 15 is 0 Å². The molecule has 474 valence electrons. The first kappa shape index (κ1) is 64.6. The summed E-state index contributed by atoms with van der Waals surface area (Å²) in [6.45, 7) is 8.90. The van der Waals surface area contributed by atoms with Gasteiger partial charge in [-0.25, -0.2) is 29.5 Å². The van der Waals surface area contributed by atoms with Crippen molar-refractivity contribution in [1.82, 2.24) is 54.6 Å². The second kappa shape index (κ2) is 27.7. The van der Waals surface area contributed by atoms with E-state index in [4.69, 9.17) is 43.8 Å². The average molecular weight is 1270 g/mol. The number of nitrogens with one attached hydrogen (secondary N) is 5. The third-order valence-corrected chi connectivity index (χ3v) is 17.3. The van der Waals surface area contributed by atoms with Crippen molar-refractivity contribution in [2.45, 2.75) is 121 Å². The Balaban J connectivity index is 0.797. The second-order valence-electron chi connectivity index (χ2n) is 21.8. The Morgan fingerprint density at radius 3 is 2.22 bits per heavy atom. The van der Waals surface area contributed by atoms with Crippen LogP contribution in [0.2, 0.25) is 0 Å². The van der Waals surface area contributed by atoms with Gasteiger partial charge in [0.25, 0.3) is 11.5 Å². The van der Waals surface area contributed by atoms with Crippen LogP contribution in [0.4, 0.5) is 27.0 Å². The molecule has 0 saturated carbocycles. The molecule has 6 amide bonds. The number of primary amides is 1. The number of fused-ring (bicyclic) bond motifs is 5. The van der Waals surface area contributed by atoms with Crippen molar-refractivity contribution in [1.29, 1.82) is 0 Å². The number of nitrogens with two attached hydrogens (primary N) is 2. The van der Waals surface area contributed by atoms with E-state index in [0.717, 1.165) is 19.7 Å². The Morgan fingerprint density at radius 1 is 0.841 bits per heavy atom. The van der Waals surface area contributed by atoms with Gasteiger partial charge in [0.1, 0.15) is 49.6 Å². The third-order valence-electron chi connectivity index (χ3n) is 14.9. The molecule has 4 aliphatic rings. The van der Waals surface area contributed by atoms with Crippen molar-refractivity contribution in [2.75, 3.05) is 56.0 Å². The van der Waals surface area contributed by atoms with Crippen LogP contribution in [-0.4, -0.2) is 172 Å². The summed E-state index contributed by atoms with van der Waals surface area (Å²) >= 11 is 0. The molecule has 33 nitrogen and oxygen atoms in total. The summed E-state index contributed by atoms with van der Waals surface area (Å²) in [5.41, 5.74) is 11.7. The molecule has 11 N–H and O–H groups in total. The van der Waals surface area contributed by atoms with Crippen LogP contribution < -0.4 is 38.3 Å². The van der Waals surface area contributed by atoms with E-state index in [0.29, 0.717) is 49.2 Å². The number of ketones is 1. The minimum absolute atomic E-state index is 0.0216. The molecule has 4 aliphatic heterocycles. The molecule has 2 bridgehead atoms. The Morgan fingerprint density at radius 2 is 1.52 bits per heavy atom. The van der Waals surface area contributed by atoms with Gasteiger partial charge in [0.2, 0.25) is 17.8 Å². The highest BCUT2D eigenvalue weighted by Gasteiger charge is 2.53. The van der Waals surface area contributed by atoms with Gasteiger partial charge in [0.15, 0.2) is 46.4 Å². The van der Waals surface area contributed by atoms with Crippen LogP contribution in [0.15, 0.2) is 72.5 Å². The molecular weight excluding hydrogens is 1200 g/mol. The van der Waals surface area contributed by atoms with Crippen molar-refractivity contribution in [3.05, 3.63) is 83.6 Å². The molecule has 0 aliphatic carbocycles. The molecule has 4 aromatic heterocycles. The van der Waals surface area contributed by atoms with E-state index in [2.05, 4.69) is 57.7 Å². The summed E-state index contributed by atoms with van der Waals surface area (Å²) in [6.07, 6.45) is -3.51. The summed E-state index contributed by atoms with van der Waals surface area (Å²) < 4.78 is 71.8. The predicted octanol–water partition coefficient (Wildman–Crippen LogP) is 2.85. The zero-order chi connectivity index (χ0) is 63.2. The number of ether oxygens (including phenoxy) is 3. The maximum absolute atomic E-state index is 14.2. The van der Waals surface area contributed by atoms with Gasteiger partial charge in [0, 0.05) is 62.6 Å². The van der Waals surface area contributed by atoms with E-state index in [1.807, 2.05) is 0 Å². The summed E-state index contributed by atoms with van der Waals surface area (Å²) in [7, 11) is -8.41. The highest BCUT2D eigenvalue weighted by Crippen LogP contribution is 2.54. The van der Waals surface area contributed by atoms with Gasteiger partial charge in [-0.1, -0.05) is 39.0 Å². The number of aromatic nitrogens is 8. The number of benzene rings is 1. The Bertz CT molecular complexity index is 3620. The first-order chi connectivity index (χ1) is 41.8. The number of rotatable bonds is 22. The molecule has 9 rings (SSSR count). The number of aromatic amines is 1. The number of carbonyl (C=O) groups is 6. The van der Waals surface area contributed by atoms with Crippen LogP contribution in [0.1, 0.15) is 76.8 Å². The lowest BCUT2D eigenvalue weighted by atomic mass is 9.89. The first-order valence-corrected chi connectivity index (χ1v) is 32.1. The summed E-state index contributed by atoms with van der Waals surface area (Å²) in [5.74, 6) is -2.78. The lowest BCUT2D eigenvalue weighted by molar-refractivity contribution is -0.131. The third kappa shape index (κ3) is 15.5. The molecule has 3 saturated heterocycles. The number of amides is 6. The van der Waals surface area contributed by atoms with Gasteiger partial charge >= 0.3 is 27.3 Å². The number of H-pyrrole nitrogens is 1. The van der Waals surface area contributed by atoms with E-state index in [1.165, 1.54) is 27.9 Å². The lowest BCUT2D eigenvalue weighted by Gasteiger charge is -2.27. The van der Waals surface area contributed by atoms with Gasteiger partial charge in [-0.3, -0.25) is 61.6 Å². The fourth-order valence-corrected chi connectivity index (χ4v) is 12.7. The number of nitrogens with zero attached hydrogens (tertiary/aromatic N) is 8. The van der Waals surface area contributed by atoms with Crippen LogP contribution in [-0.2, 0) is 67.2 Å². The quantitative estimate of drug-likeness (QED) is 0.0355. The molecule has 0 spiro atoms. The van der Waals surface area contributed by atoms with E-state index in [-0.39, 0.29) is 90.0 Å². The monoisotopic (exact) mass is 1270 g/mol. The highest BCUT2D eigenvalue weighted by atomic mass is 31.2. The maximum Gasteiger partial charge on any atom is 0.413 e. The molecule has 1 aromatic carbocycles. The fraction of sp³-hybridized carbons (Fsp3) is 0.509. The predicted molar refractivity (Wildman–Crippen MR) is 310 cm³/mol. The lowest BCUT2D eigenvalue weighted by Crippen LogP contribution is -2.45. The molecule has 5 aromatic rings. The summed E-state index contributed by atoms with van der Waals surface area (Å²) in [4.78, 5) is 115. The number of anilines is 3. The largest absolute Gasteiger partial charge is 0.444 e. The fourth-order valence-electron chi connectivity index (χ4n) is 10.4. The van der Waals surface area contributed by atoms with Gasteiger partial charge in [-0.2, -0.15) is 4.98 Å². The van der Waals surface area contributed by atoms with Crippen molar-refractivity contribution < 1.29 is 80.4 Å². The first-order valence-electron chi connectivity index (χ1n) is 28.1. The number of aliphatic hydroxyl groups is 2. The molecule has 5 unspecified atom stereocenters. The van der Waals surface area contributed by atoms with Crippen LogP contribution in [0.25, 0.3) is 22.3 Å². The Kier molecular flexibility index (Phi) is 20.3. The molecule has 0 radical (unpaired) electrons.